The predicted molar refractivity (Wildman–Crippen MR) is 107 cm³/mol. The van der Waals surface area contributed by atoms with Gasteiger partial charge in [-0.25, -0.2) is 4.99 Å². The Balaban J connectivity index is 2.05. The zero-order valence-corrected chi connectivity index (χ0v) is 16.0. The molecule has 2 aromatic carbocycles. The van der Waals surface area contributed by atoms with Gasteiger partial charge in [-0.3, -0.25) is 4.79 Å². The first-order valence-corrected chi connectivity index (χ1v) is 8.89. The van der Waals surface area contributed by atoms with E-state index in [4.69, 9.17) is 4.99 Å². The van der Waals surface area contributed by atoms with Crippen LogP contribution in [0.5, 0.6) is 0 Å². The number of benzene rings is 2. The molecule has 2 N–H and O–H groups in total. The predicted octanol–water partition coefficient (Wildman–Crippen LogP) is 2.95. The normalized spacial score (nSPS) is 11.2. The topological polar surface area (TPSA) is 56.7 Å². The van der Waals surface area contributed by atoms with Crippen molar-refractivity contribution in [1.29, 1.82) is 0 Å². The number of carbonyl (C=O) groups excluding carboxylic acids is 1. The van der Waals surface area contributed by atoms with Crippen molar-refractivity contribution >= 4 is 11.9 Å². The van der Waals surface area contributed by atoms with Gasteiger partial charge in [-0.1, -0.05) is 42.0 Å². The minimum Gasteiger partial charge on any atom is -0.357 e. The molecule has 0 spiro atoms. The fraction of sp³-hybridized carbons (Fsp3) is 0.333. The Kier molecular flexibility index (Phi) is 7.21. The number of hydrogen-bond acceptors (Lipinski definition) is 2. The number of hydrogen-bond donors (Lipinski definition) is 2. The summed E-state index contributed by atoms with van der Waals surface area (Å²) in [7, 11) is 3.67. The molecule has 26 heavy (non-hydrogen) atoms. The lowest BCUT2D eigenvalue weighted by molar-refractivity contribution is 0.0963. The molecular formula is C21H28N4O. The van der Waals surface area contributed by atoms with Crippen LogP contribution in [-0.2, 0) is 13.1 Å². The number of amides is 1. The summed E-state index contributed by atoms with van der Waals surface area (Å²) in [6.07, 6.45) is 0. The van der Waals surface area contributed by atoms with Crippen molar-refractivity contribution in [2.75, 3.05) is 20.6 Å². The van der Waals surface area contributed by atoms with Crippen LogP contribution >= 0.6 is 0 Å². The van der Waals surface area contributed by atoms with Crippen LogP contribution in [0, 0.1) is 6.92 Å². The number of rotatable bonds is 6. The molecule has 0 saturated carbocycles. The van der Waals surface area contributed by atoms with Crippen molar-refractivity contribution in [3.8, 4) is 0 Å². The van der Waals surface area contributed by atoms with E-state index in [0.717, 1.165) is 24.6 Å². The molecule has 0 aliphatic rings. The van der Waals surface area contributed by atoms with Crippen LogP contribution in [0.2, 0.25) is 0 Å². The van der Waals surface area contributed by atoms with Gasteiger partial charge in [0.25, 0.3) is 5.91 Å². The summed E-state index contributed by atoms with van der Waals surface area (Å²) in [5, 5.41) is 5.96. The van der Waals surface area contributed by atoms with E-state index in [1.807, 2.05) is 31.3 Å². The van der Waals surface area contributed by atoms with Crippen LogP contribution < -0.4 is 10.6 Å². The third kappa shape index (κ3) is 5.62. The molecule has 0 heterocycles. The summed E-state index contributed by atoms with van der Waals surface area (Å²) in [5.41, 5.74) is 4.23. The van der Waals surface area contributed by atoms with Crippen LogP contribution in [0.25, 0.3) is 0 Å². The summed E-state index contributed by atoms with van der Waals surface area (Å²) < 4.78 is 0. The van der Waals surface area contributed by atoms with Gasteiger partial charge in [0.1, 0.15) is 0 Å². The molecule has 5 heteroatoms. The molecule has 138 valence electrons. The molecule has 0 radical (unpaired) electrons. The van der Waals surface area contributed by atoms with E-state index in [1.165, 1.54) is 11.1 Å². The Labute approximate surface area is 156 Å². The van der Waals surface area contributed by atoms with Gasteiger partial charge in [0, 0.05) is 32.7 Å². The van der Waals surface area contributed by atoms with E-state index in [1.54, 1.807) is 7.05 Å². The van der Waals surface area contributed by atoms with Crippen molar-refractivity contribution in [3.05, 3.63) is 70.8 Å². The maximum Gasteiger partial charge on any atom is 0.251 e. The Morgan fingerprint density at radius 3 is 2.23 bits per heavy atom. The number of aliphatic imine (C=N–C) groups is 1. The summed E-state index contributed by atoms with van der Waals surface area (Å²) >= 11 is 0. The highest BCUT2D eigenvalue weighted by Crippen LogP contribution is 2.08. The van der Waals surface area contributed by atoms with E-state index in [-0.39, 0.29) is 5.91 Å². The maximum atomic E-state index is 11.6. The van der Waals surface area contributed by atoms with E-state index in [0.29, 0.717) is 12.1 Å². The van der Waals surface area contributed by atoms with Crippen LogP contribution in [0.4, 0.5) is 0 Å². The first-order chi connectivity index (χ1) is 12.5. The molecule has 0 atom stereocenters. The third-order valence-corrected chi connectivity index (χ3v) is 4.09. The van der Waals surface area contributed by atoms with Crippen LogP contribution in [0.15, 0.2) is 53.5 Å². The molecule has 0 saturated heterocycles. The fourth-order valence-electron chi connectivity index (χ4n) is 2.58. The molecule has 2 rings (SSSR count). The molecule has 5 nitrogen and oxygen atoms in total. The van der Waals surface area contributed by atoms with Crippen LogP contribution in [0.3, 0.4) is 0 Å². The number of carbonyl (C=O) groups is 1. The van der Waals surface area contributed by atoms with Crippen LogP contribution in [0.1, 0.15) is 34.0 Å². The number of aryl methyl sites for hydroxylation is 1. The summed E-state index contributed by atoms with van der Waals surface area (Å²) in [4.78, 5) is 18.4. The smallest absolute Gasteiger partial charge is 0.251 e. The highest BCUT2D eigenvalue weighted by molar-refractivity contribution is 5.93. The van der Waals surface area contributed by atoms with E-state index < -0.39 is 0 Å². The standard InChI is InChI=1S/C21H28N4O/c1-5-23-21(25(4)15-18-8-6-16(2)7-9-18)24-14-17-10-12-19(13-11-17)20(26)22-3/h6-13H,5,14-15H2,1-4H3,(H,22,26)(H,23,24). The molecule has 2 aromatic rings. The molecule has 1 amide bonds. The molecule has 0 bridgehead atoms. The average molecular weight is 352 g/mol. The number of guanidine groups is 1. The molecule has 0 aliphatic heterocycles. The minimum absolute atomic E-state index is 0.0776. The summed E-state index contributed by atoms with van der Waals surface area (Å²) in [6.45, 7) is 6.32. The quantitative estimate of drug-likeness (QED) is 0.621. The number of nitrogens with zero attached hydrogens (tertiary/aromatic N) is 2. The number of nitrogens with one attached hydrogen (secondary N) is 2. The van der Waals surface area contributed by atoms with Gasteiger partial charge < -0.3 is 15.5 Å². The lowest BCUT2D eigenvalue weighted by atomic mass is 10.1. The molecule has 0 aliphatic carbocycles. The summed E-state index contributed by atoms with van der Waals surface area (Å²) in [6, 6.07) is 16.1. The van der Waals surface area contributed by atoms with Crippen molar-refractivity contribution in [2.45, 2.75) is 26.9 Å². The van der Waals surface area contributed by atoms with Crippen molar-refractivity contribution in [1.82, 2.24) is 15.5 Å². The zero-order valence-electron chi connectivity index (χ0n) is 16.0. The van der Waals surface area contributed by atoms with Crippen LogP contribution in [-0.4, -0.2) is 37.4 Å². The Hall–Kier alpha value is -2.82. The fourth-order valence-corrected chi connectivity index (χ4v) is 2.58. The lowest BCUT2D eigenvalue weighted by Crippen LogP contribution is -2.38. The van der Waals surface area contributed by atoms with Gasteiger partial charge in [0.15, 0.2) is 5.96 Å². The largest absolute Gasteiger partial charge is 0.357 e. The SMILES string of the molecule is CCNC(=NCc1ccc(C(=O)NC)cc1)N(C)Cc1ccc(C)cc1. The van der Waals surface area contributed by atoms with Gasteiger partial charge in [-0.05, 0) is 37.1 Å². The maximum absolute atomic E-state index is 11.6. The van der Waals surface area contributed by atoms with Crippen molar-refractivity contribution in [2.24, 2.45) is 4.99 Å². The first kappa shape index (κ1) is 19.5. The second-order valence-electron chi connectivity index (χ2n) is 6.29. The zero-order chi connectivity index (χ0) is 18.9. The van der Waals surface area contributed by atoms with Gasteiger partial charge in [0.05, 0.1) is 6.54 Å². The Bertz CT molecular complexity index is 736. The third-order valence-electron chi connectivity index (χ3n) is 4.09. The molecule has 0 unspecified atom stereocenters. The summed E-state index contributed by atoms with van der Waals surface area (Å²) in [5.74, 6) is 0.787. The highest BCUT2D eigenvalue weighted by atomic mass is 16.1. The Morgan fingerprint density at radius 1 is 1.04 bits per heavy atom. The van der Waals surface area contributed by atoms with Gasteiger partial charge in [0.2, 0.25) is 0 Å². The van der Waals surface area contributed by atoms with Gasteiger partial charge >= 0.3 is 0 Å². The molecule has 0 fully saturated rings. The van der Waals surface area contributed by atoms with E-state index in [2.05, 4.69) is 53.6 Å². The second-order valence-corrected chi connectivity index (χ2v) is 6.29. The van der Waals surface area contributed by atoms with Crippen molar-refractivity contribution in [3.63, 3.8) is 0 Å². The highest BCUT2D eigenvalue weighted by Gasteiger charge is 2.07. The van der Waals surface area contributed by atoms with E-state index in [9.17, 15) is 4.79 Å². The van der Waals surface area contributed by atoms with E-state index >= 15 is 0 Å². The lowest BCUT2D eigenvalue weighted by Gasteiger charge is -2.22. The minimum atomic E-state index is -0.0776. The van der Waals surface area contributed by atoms with Gasteiger partial charge in [-0.15, -0.1) is 0 Å². The van der Waals surface area contributed by atoms with Gasteiger partial charge in [-0.2, -0.15) is 0 Å². The Morgan fingerprint density at radius 2 is 1.65 bits per heavy atom. The molecule has 0 aromatic heterocycles. The second kappa shape index (κ2) is 9.61. The monoisotopic (exact) mass is 352 g/mol. The molecular weight excluding hydrogens is 324 g/mol. The average Bonchev–Trinajstić information content (AvgIpc) is 2.66. The first-order valence-electron chi connectivity index (χ1n) is 8.89. The van der Waals surface area contributed by atoms with Crippen molar-refractivity contribution < 1.29 is 4.79 Å².